The number of hydrogen-bond acceptors (Lipinski definition) is 11. The Morgan fingerprint density at radius 1 is 0.857 bits per heavy atom. The van der Waals surface area contributed by atoms with Crippen LogP contribution in [0, 0.1) is 0 Å². The van der Waals surface area contributed by atoms with Gasteiger partial charge in [-0.15, -0.1) is 0 Å². The molecule has 1 saturated carbocycles. The highest BCUT2D eigenvalue weighted by Crippen LogP contribution is 2.64. The van der Waals surface area contributed by atoms with Crippen molar-refractivity contribution < 1.29 is 48.1 Å². The van der Waals surface area contributed by atoms with E-state index in [4.69, 9.17) is 37.9 Å². The minimum atomic E-state index is -0.875. The van der Waals surface area contributed by atoms with Crippen LogP contribution in [0.2, 0.25) is 0 Å². The van der Waals surface area contributed by atoms with E-state index in [1.165, 1.54) is 5.56 Å². The zero-order valence-corrected chi connectivity index (χ0v) is 25.2. The van der Waals surface area contributed by atoms with Crippen molar-refractivity contribution in [3.8, 4) is 5.75 Å². The fourth-order valence-electron chi connectivity index (χ4n) is 7.45. The molecule has 1 unspecified atom stereocenters. The van der Waals surface area contributed by atoms with E-state index < -0.39 is 11.0 Å². The van der Waals surface area contributed by atoms with Gasteiger partial charge >= 0.3 is 0 Å². The number of hydrogen-bond donors (Lipinski definition) is 2. The van der Waals surface area contributed by atoms with Crippen LogP contribution in [-0.4, -0.2) is 139 Å². The number of likely N-dealkylation sites (tertiary alicyclic amines) is 1. The predicted molar refractivity (Wildman–Crippen MR) is 153 cm³/mol. The third-order valence-corrected chi connectivity index (χ3v) is 9.43. The van der Waals surface area contributed by atoms with Gasteiger partial charge in [-0.1, -0.05) is 12.1 Å². The number of rotatable bonds is 20. The zero-order valence-electron chi connectivity index (χ0n) is 25.2. The maximum absolute atomic E-state index is 12.3. The molecule has 0 aromatic heterocycles. The lowest BCUT2D eigenvalue weighted by Crippen LogP contribution is -2.76. The summed E-state index contributed by atoms with van der Waals surface area (Å²) in [7, 11) is 3.76. The molecule has 2 heterocycles. The third kappa shape index (κ3) is 6.37. The summed E-state index contributed by atoms with van der Waals surface area (Å²) in [6.07, 6.45) is 2.57. The monoisotopic (exact) mass is 595 g/mol. The summed E-state index contributed by atoms with van der Waals surface area (Å²) in [6, 6.07) is 4.14. The van der Waals surface area contributed by atoms with Crippen LogP contribution in [0.3, 0.4) is 0 Å². The summed E-state index contributed by atoms with van der Waals surface area (Å²) in [6.45, 7) is 6.99. The van der Waals surface area contributed by atoms with Gasteiger partial charge in [0.2, 0.25) is 0 Å². The number of ether oxygens (including phenoxy) is 8. The topological polar surface area (TPSA) is 118 Å². The van der Waals surface area contributed by atoms with Crippen molar-refractivity contribution in [2.24, 2.45) is 0 Å². The van der Waals surface area contributed by atoms with Crippen molar-refractivity contribution in [3.63, 3.8) is 0 Å². The Kier molecular flexibility index (Phi) is 11.5. The third-order valence-electron chi connectivity index (χ3n) is 9.43. The van der Waals surface area contributed by atoms with Crippen molar-refractivity contribution in [2.75, 3.05) is 100.0 Å². The predicted octanol–water partition coefficient (Wildman–Crippen LogP) is 1.08. The Balaban J connectivity index is 0.985. The van der Waals surface area contributed by atoms with Gasteiger partial charge in [0.05, 0.1) is 103 Å². The fraction of sp³-hybridized carbons (Fsp3) is 0.806. The normalized spacial score (nSPS) is 29.5. The van der Waals surface area contributed by atoms with E-state index in [0.717, 1.165) is 42.7 Å². The van der Waals surface area contributed by atoms with Gasteiger partial charge in [-0.25, -0.2) is 0 Å². The highest BCUT2D eigenvalue weighted by atomic mass is 16.6. The first kappa shape index (κ1) is 32.0. The Labute approximate surface area is 249 Å². The Morgan fingerprint density at radius 3 is 2.05 bits per heavy atom. The fourth-order valence-corrected chi connectivity index (χ4v) is 7.45. The molecule has 11 nitrogen and oxygen atoms in total. The van der Waals surface area contributed by atoms with E-state index in [-0.39, 0.29) is 24.9 Å². The summed E-state index contributed by atoms with van der Waals surface area (Å²) in [5.41, 5.74) is 1.75. The average Bonchev–Trinajstić information content (AvgIpc) is 3.35. The standard InChI is InChI=1S/C31H49NO10/c1-32-8-7-30-27-23-3-4-24(22-33)28(27)42-29(30)25(5-6-31(30,34)26(32)21-23)41-20-19-40-18-17-39-16-15-38-14-13-37-12-11-36-10-9-35-2/h3-4,25-26,29,33-34H,5-22H2,1-2H3/t25-,26?,29-,30-,31+/m0/s1. The number of methoxy groups -OCH3 is 1. The zero-order chi connectivity index (χ0) is 29.4. The van der Waals surface area contributed by atoms with Crippen LogP contribution in [-0.2, 0) is 51.6 Å². The summed E-state index contributed by atoms with van der Waals surface area (Å²) in [5.74, 6) is 0.769. The van der Waals surface area contributed by atoms with Crippen LogP contribution in [0.1, 0.15) is 36.0 Å². The molecule has 42 heavy (non-hydrogen) atoms. The molecule has 2 bridgehead atoms. The van der Waals surface area contributed by atoms with Gasteiger partial charge in [0.1, 0.15) is 11.9 Å². The minimum Gasteiger partial charge on any atom is -0.486 e. The number of benzene rings is 1. The molecule has 1 spiro atoms. The molecule has 5 rings (SSSR count). The molecular weight excluding hydrogens is 546 g/mol. The molecule has 2 aliphatic carbocycles. The van der Waals surface area contributed by atoms with Crippen molar-refractivity contribution in [3.05, 3.63) is 28.8 Å². The molecule has 4 aliphatic rings. The van der Waals surface area contributed by atoms with Gasteiger partial charge in [0, 0.05) is 24.3 Å². The van der Waals surface area contributed by atoms with E-state index in [1.807, 2.05) is 6.07 Å². The Morgan fingerprint density at radius 2 is 1.45 bits per heavy atom. The molecule has 5 atom stereocenters. The molecule has 11 heteroatoms. The summed E-state index contributed by atoms with van der Waals surface area (Å²) >= 11 is 0. The van der Waals surface area contributed by atoms with Crippen LogP contribution >= 0.6 is 0 Å². The van der Waals surface area contributed by atoms with Gasteiger partial charge in [0.15, 0.2) is 0 Å². The first-order valence-corrected chi connectivity index (χ1v) is 15.4. The molecule has 2 N–H and O–H groups in total. The highest BCUT2D eigenvalue weighted by Gasteiger charge is 2.72. The van der Waals surface area contributed by atoms with Crippen LogP contribution in [0.15, 0.2) is 12.1 Å². The SMILES string of the molecule is COCCOCCOCCOCCOCCOCCO[C@H]1CC[C@@]2(O)C3Cc4ccc(CO)c5c4[C@@]2(CCN3C)[C@H]1O5. The van der Waals surface area contributed by atoms with Crippen LogP contribution < -0.4 is 4.74 Å². The van der Waals surface area contributed by atoms with Crippen LogP contribution in [0.25, 0.3) is 0 Å². The lowest BCUT2D eigenvalue weighted by atomic mass is 9.48. The van der Waals surface area contributed by atoms with Crippen molar-refractivity contribution in [1.82, 2.24) is 4.90 Å². The second-order valence-corrected chi connectivity index (χ2v) is 11.6. The van der Waals surface area contributed by atoms with Crippen LogP contribution in [0.4, 0.5) is 0 Å². The molecule has 1 saturated heterocycles. The summed E-state index contributed by atoms with van der Waals surface area (Å²) < 4.78 is 45.5. The maximum Gasteiger partial charge on any atom is 0.137 e. The highest BCUT2D eigenvalue weighted by molar-refractivity contribution is 5.60. The molecule has 2 fully saturated rings. The van der Waals surface area contributed by atoms with E-state index in [2.05, 4.69) is 18.0 Å². The largest absolute Gasteiger partial charge is 0.486 e. The second-order valence-electron chi connectivity index (χ2n) is 11.6. The second kappa shape index (κ2) is 15.1. The number of aliphatic hydroxyl groups is 2. The lowest BCUT2D eigenvalue weighted by molar-refractivity contribution is -0.213. The average molecular weight is 596 g/mol. The summed E-state index contributed by atoms with van der Waals surface area (Å²) in [4.78, 5) is 2.31. The minimum absolute atomic E-state index is 0.0512. The van der Waals surface area contributed by atoms with E-state index in [1.54, 1.807) is 7.11 Å². The number of nitrogens with zero attached hydrogens (tertiary/aromatic N) is 1. The Hall–Kier alpha value is -1.38. The molecule has 238 valence electrons. The van der Waals surface area contributed by atoms with Crippen molar-refractivity contribution >= 4 is 0 Å². The quantitative estimate of drug-likeness (QED) is 0.211. The number of piperidine rings is 1. The lowest BCUT2D eigenvalue weighted by Gasteiger charge is -2.63. The molecule has 2 aliphatic heterocycles. The Bertz CT molecular complexity index is 997. The van der Waals surface area contributed by atoms with Crippen LogP contribution in [0.5, 0.6) is 5.75 Å². The maximum atomic E-state index is 12.3. The number of aliphatic hydroxyl groups excluding tert-OH is 1. The van der Waals surface area contributed by atoms with E-state index >= 15 is 0 Å². The first-order chi connectivity index (χ1) is 20.6. The number of likely N-dealkylation sites (N-methyl/N-ethyl adjacent to an activating group) is 1. The smallest absolute Gasteiger partial charge is 0.137 e. The van der Waals surface area contributed by atoms with E-state index in [0.29, 0.717) is 85.7 Å². The van der Waals surface area contributed by atoms with Gasteiger partial charge in [-0.3, -0.25) is 0 Å². The van der Waals surface area contributed by atoms with E-state index in [9.17, 15) is 10.2 Å². The molecule has 1 aromatic carbocycles. The molecule has 1 aromatic rings. The molecular formula is C31H49NO10. The van der Waals surface area contributed by atoms with Gasteiger partial charge in [0.25, 0.3) is 0 Å². The van der Waals surface area contributed by atoms with Crippen molar-refractivity contribution in [1.29, 1.82) is 0 Å². The van der Waals surface area contributed by atoms with Gasteiger partial charge in [-0.2, -0.15) is 0 Å². The molecule has 0 radical (unpaired) electrons. The summed E-state index contributed by atoms with van der Waals surface area (Å²) in [5, 5.41) is 22.3. The van der Waals surface area contributed by atoms with Crippen molar-refractivity contribution in [2.45, 2.75) is 61.6 Å². The first-order valence-electron chi connectivity index (χ1n) is 15.4. The van der Waals surface area contributed by atoms with Gasteiger partial charge in [-0.05, 0) is 44.8 Å². The molecule has 0 amide bonds. The van der Waals surface area contributed by atoms with Gasteiger partial charge < -0.3 is 53.0 Å².